The first-order valence-corrected chi connectivity index (χ1v) is 8.40. The van der Waals surface area contributed by atoms with Gasteiger partial charge in [-0.1, -0.05) is 18.2 Å². The summed E-state index contributed by atoms with van der Waals surface area (Å²) in [6, 6.07) is 11.7. The molecule has 0 atom stereocenters. The van der Waals surface area contributed by atoms with Crippen LogP contribution in [-0.4, -0.2) is 21.1 Å². The highest BCUT2D eigenvalue weighted by Gasteiger charge is 2.07. The molecule has 0 aliphatic rings. The molecule has 0 radical (unpaired) electrons. The van der Waals surface area contributed by atoms with Gasteiger partial charge in [0.2, 0.25) is 5.91 Å². The van der Waals surface area contributed by atoms with Crippen LogP contribution < -0.4 is 5.32 Å². The van der Waals surface area contributed by atoms with Crippen LogP contribution in [0.2, 0.25) is 0 Å². The Labute approximate surface area is 138 Å². The molecule has 118 valence electrons. The fourth-order valence-corrected chi connectivity index (χ4v) is 3.06. The van der Waals surface area contributed by atoms with Crippen molar-refractivity contribution >= 4 is 22.9 Å². The topological polar surface area (TPSA) is 70.7 Å². The second-order valence-corrected chi connectivity index (χ2v) is 6.34. The lowest BCUT2D eigenvalue weighted by Gasteiger charge is -2.06. The Morgan fingerprint density at radius 1 is 1.30 bits per heavy atom. The molecule has 5 nitrogen and oxygen atoms in total. The molecule has 0 spiro atoms. The average Bonchev–Trinajstić information content (AvgIpc) is 3.19. The quantitative estimate of drug-likeness (QED) is 0.724. The zero-order valence-electron chi connectivity index (χ0n) is 12.9. The van der Waals surface area contributed by atoms with E-state index in [2.05, 4.69) is 31.9 Å². The van der Waals surface area contributed by atoms with Crippen molar-refractivity contribution in [3.8, 4) is 11.4 Å². The minimum absolute atomic E-state index is 0.0323. The SMILES string of the molecule is Cc1nc(-c2cccc(NC(=O)CCCc3cccs3)c2)n[nH]1. The molecule has 2 aromatic heterocycles. The predicted octanol–water partition coefficient (Wildman–Crippen LogP) is 3.80. The van der Waals surface area contributed by atoms with Gasteiger partial charge in [0.25, 0.3) is 0 Å². The molecule has 0 aliphatic heterocycles. The average molecular weight is 326 g/mol. The lowest BCUT2D eigenvalue weighted by Crippen LogP contribution is -2.11. The van der Waals surface area contributed by atoms with Crippen molar-refractivity contribution in [3.05, 3.63) is 52.5 Å². The van der Waals surface area contributed by atoms with E-state index >= 15 is 0 Å². The zero-order chi connectivity index (χ0) is 16.1. The normalized spacial score (nSPS) is 10.7. The van der Waals surface area contributed by atoms with E-state index in [1.54, 1.807) is 11.3 Å². The number of rotatable bonds is 6. The summed E-state index contributed by atoms with van der Waals surface area (Å²) in [7, 11) is 0. The van der Waals surface area contributed by atoms with E-state index in [9.17, 15) is 4.79 Å². The highest BCUT2D eigenvalue weighted by molar-refractivity contribution is 7.09. The summed E-state index contributed by atoms with van der Waals surface area (Å²) in [5, 5.41) is 12.0. The van der Waals surface area contributed by atoms with Crippen molar-refractivity contribution in [1.29, 1.82) is 0 Å². The number of hydrogen-bond acceptors (Lipinski definition) is 4. The molecule has 1 amide bonds. The summed E-state index contributed by atoms with van der Waals surface area (Å²) in [4.78, 5) is 17.7. The molecule has 1 aromatic carbocycles. The third-order valence-electron chi connectivity index (χ3n) is 3.41. The molecule has 2 heterocycles. The van der Waals surface area contributed by atoms with Crippen LogP contribution in [0, 0.1) is 6.92 Å². The largest absolute Gasteiger partial charge is 0.326 e. The minimum Gasteiger partial charge on any atom is -0.326 e. The van der Waals surface area contributed by atoms with Crippen LogP contribution in [0.4, 0.5) is 5.69 Å². The van der Waals surface area contributed by atoms with Crippen LogP contribution in [0.25, 0.3) is 11.4 Å². The van der Waals surface area contributed by atoms with Crippen molar-refractivity contribution in [1.82, 2.24) is 15.2 Å². The lowest BCUT2D eigenvalue weighted by molar-refractivity contribution is -0.116. The third-order valence-corrected chi connectivity index (χ3v) is 4.35. The van der Waals surface area contributed by atoms with Crippen molar-refractivity contribution in [3.63, 3.8) is 0 Å². The highest BCUT2D eigenvalue weighted by atomic mass is 32.1. The molecule has 0 bridgehead atoms. The number of carbonyl (C=O) groups excluding carboxylic acids is 1. The number of nitrogens with one attached hydrogen (secondary N) is 2. The predicted molar refractivity (Wildman–Crippen MR) is 92.4 cm³/mol. The monoisotopic (exact) mass is 326 g/mol. The molecule has 6 heteroatoms. The second-order valence-electron chi connectivity index (χ2n) is 5.31. The van der Waals surface area contributed by atoms with E-state index in [1.807, 2.05) is 37.3 Å². The van der Waals surface area contributed by atoms with Gasteiger partial charge in [0.15, 0.2) is 5.82 Å². The van der Waals surface area contributed by atoms with Crippen molar-refractivity contribution < 1.29 is 4.79 Å². The summed E-state index contributed by atoms with van der Waals surface area (Å²) in [5.74, 6) is 1.43. The van der Waals surface area contributed by atoms with Gasteiger partial charge in [-0.3, -0.25) is 9.89 Å². The number of anilines is 1. The van der Waals surface area contributed by atoms with Crippen molar-refractivity contribution in [2.45, 2.75) is 26.2 Å². The molecule has 3 rings (SSSR count). The van der Waals surface area contributed by atoms with Crippen LogP contribution >= 0.6 is 11.3 Å². The molecule has 0 fully saturated rings. The van der Waals surface area contributed by atoms with E-state index in [0.29, 0.717) is 12.2 Å². The maximum atomic E-state index is 12.0. The maximum Gasteiger partial charge on any atom is 0.224 e. The minimum atomic E-state index is 0.0323. The van der Waals surface area contributed by atoms with Gasteiger partial charge in [-0.2, -0.15) is 5.10 Å². The Hall–Kier alpha value is -2.47. The lowest BCUT2D eigenvalue weighted by atomic mass is 10.1. The summed E-state index contributed by atoms with van der Waals surface area (Å²) >= 11 is 1.73. The summed E-state index contributed by atoms with van der Waals surface area (Å²) < 4.78 is 0. The van der Waals surface area contributed by atoms with Crippen LogP contribution in [0.1, 0.15) is 23.5 Å². The molecule has 0 unspecified atom stereocenters. The van der Waals surface area contributed by atoms with Gasteiger partial charge in [-0.15, -0.1) is 11.3 Å². The number of benzene rings is 1. The summed E-state index contributed by atoms with van der Waals surface area (Å²) in [6.07, 6.45) is 2.32. The van der Waals surface area contributed by atoms with Gasteiger partial charge < -0.3 is 5.32 Å². The summed E-state index contributed by atoms with van der Waals surface area (Å²) in [6.45, 7) is 1.86. The highest BCUT2D eigenvalue weighted by Crippen LogP contribution is 2.19. The summed E-state index contributed by atoms with van der Waals surface area (Å²) in [5.41, 5.74) is 1.65. The van der Waals surface area contributed by atoms with Gasteiger partial charge >= 0.3 is 0 Å². The van der Waals surface area contributed by atoms with E-state index < -0.39 is 0 Å². The Balaban J connectivity index is 1.56. The van der Waals surface area contributed by atoms with Crippen molar-refractivity contribution in [2.24, 2.45) is 0 Å². The number of aromatic nitrogens is 3. The third kappa shape index (κ3) is 4.26. The maximum absolute atomic E-state index is 12.0. The molecular weight excluding hydrogens is 308 g/mol. The van der Waals surface area contributed by atoms with Gasteiger partial charge in [0.05, 0.1) is 0 Å². The van der Waals surface area contributed by atoms with Crippen LogP contribution in [0.5, 0.6) is 0 Å². The van der Waals surface area contributed by atoms with Crippen LogP contribution in [0.3, 0.4) is 0 Å². The fourth-order valence-electron chi connectivity index (χ4n) is 2.31. The molecule has 0 saturated heterocycles. The Bertz CT molecular complexity index is 780. The molecule has 23 heavy (non-hydrogen) atoms. The molecule has 2 N–H and O–H groups in total. The van der Waals surface area contributed by atoms with E-state index in [0.717, 1.165) is 29.9 Å². The van der Waals surface area contributed by atoms with E-state index in [-0.39, 0.29) is 5.91 Å². The number of hydrogen-bond donors (Lipinski definition) is 2. The smallest absolute Gasteiger partial charge is 0.224 e. The molecular formula is C17H18N4OS. The van der Waals surface area contributed by atoms with Gasteiger partial charge in [-0.05, 0) is 43.3 Å². The molecule has 0 saturated carbocycles. The Morgan fingerprint density at radius 2 is 2.22 bits per heavy atom. The zero-order valence-corrected chi connectivity index (χ0v) is 13.7. The van der Waals surface area contributed by atoms with Gasteiger partial charge in [0, 0.05) is 22.5 Å². The number of thiophene rings is 1. The second kappa shape index (κ2) is 7.19. The molecule has 3 aromatic rings. The van der Waals surface area contributed by atoms with Crippen molar-refractivity contribution in [2.75, 3.05) is 5.32 Å². The van der Waals surface area contributed by atoms with E-state index in [1.165, 1.54) is 4.88 Å². The number of carbonyl (C=O) groups is 1. The Kier molecular flexibility index (Phi) is 4.83. The first kappa shape index (κ1) is 15.4. The van der Waals surface area contributed by atoms with Crippen LogP contribution in [0.15, 0.2) is 41.8 Å². The van der Waals surface area contributed by atoms with Crippen LogP contribution in [-0.2, 0) is 11.2 Å². The number of nitrogens with zero attached hydrogens (tertiary/aromatic N) is 2. The van der Waals surface area contributed by atoms with Gasteiger partial charge in [0.1, 0.15) is 5.82 Å². The number of aryl methyl sites for hydroxylation is 2. The fraction of sp³-hybridized carbons (Fsp3) is 0.235. The number of H-pyrrole nitrogens is 1. The number of amides is 1. The Morgan fingerprint density at radius 3 is 2.96 bits per heavy atom. The standard InChI is InChI=1S/C17H18N4OS/c1-12-18-17(21-20-12)13-5-2-6-14(11-13)19-16(22)9-3-7-15-8-4-10-23-15/h2,4-6,8,10-11H,3,7,9H2,1H3,(H,19,22)(H,18,20,21). The van der Waals surface area contributed by atoms with E-state index in [4.69, 9.17) is 0 Å². The number of aromatic amines is 1. The van der Waals surface area contributed by atoms with Gasteiger partial charge in [-0.25, -0.2) is 4.98 Å². The molecule has 0 aliphatic carbocycles. The first-order valence-electron chi connectivity index (χ1n) is 7.52. The first-order chi connectivity index (χ1) is 11.2.